The lowest BCUT2D eigenvalue weighted by molar-refractivity contribution is -0.136. The van der Waals surface area contributed by atoms with Gasteiger partial charge in [0.25, 0.3) is 0 Å². The normalized spacial score (nSPS) is 20.2. The third kappa shape index (κ3) is 2.48. The number of benzene rings is 1. The molecule has 0 aliphatic carbocycles. The number of nitrogens with zero attached hydrogens (tertiary/aromatic N) is 2. The molecule has 2 heterocycles. The number of aromatic nitrogens is 1. The largest absolute Gasteiger partial charge is 0.333 e. The van der Waals surface area contributed by atoms with E-state index in [1.807, 2.05) is 30.0 Å². The minimum Gasteiger partial charge on any atom is -0.333 e. The molecule has 4 nitrogen and oxygen atoms in total. The average molecular weight is 275 g/mol. The summed E-state index contributed by atoms with van der Waals surface area (Å²) in [7, 11) is 0. The van der Waals surface area contributed by atoms with Crippen molar-refractivity contribution in [1.82, 2.24) is 15.2 Å². The first-order valence-electron chi connectivity index (χ1n) is 6.64. The van der Waals surface area contributed by atoms with Gasteiger partial charge in [-0.15, -0.1) is 11.3 Å². The van der Waals surface area contributed by atoms with Crippen LogP contribution in [0.4, 0.5) is 0 Å². The molecule has 0 bridgehead atoms. The number of thiazole rings is 1. The number of carbonyl (C=O) groups is 1. The van der Waals surface area contributed by atoms with Gasteiger partial charge in [-0.2, -0.15) is 0 Å². The third-order valence-electron chi connectivity index (χ3n) is 3.45. The molecule has 3 rings (SSSR count). The van der Waals surface area contributed by atoms with Gasteiger partial charge in [0.15, 0.2) is 0 Å². The predicted molar refractivity (Wildman–Crippen MR) is 77.1 cm³/mol. The lowest BCUT2D eigenvalue weighted by atomic mass is 10.1. The van der Waals surface area contributed by atoms with Gasteiger partial charge in [-0.05, 0) is 18.6 Å². The quantitative estimate of drug-likeness (QED) is 0.932. The van der Waals surface area contributed by atoms with Gasteiger partial charge in [0.2, 0.25) is 5.91 Å². The molecular weight excluding hydrogens is 258 g/mol. The van der Waals surface area contributed by atoms with Crippen molar-refractivity contribution in [2.45, 2.75) is 25.9 Å². The second kappa shape index (κ2) is 5.27. The molecule has 1 unspecified atom stereocenters. The molecule has 100 valence electrons. The number of amides is 1. The third-order valence-corrected chi connectivity index (χ3v) is 4.48. The molecule has 1 aliphatic heterocycles. The van der Waals surface area contributed by atoms with Gasteiger partial charge >= 0.3 is 0 Å². The first-order valence-corrected chi connectivity index (χ1v) is 7.46. The molecule has 0 spiro atoms. The summed E-state index contributed by atoms with van der Waals surface area (Å²) in [5, 5.41) is 4.27. The number of para-hydroxylation sites is 1. The van der Waals surface area contributed by atoms with Crippen LogP contribution in [0.2, 0.25) is 0 Å². The van der Waals surface area contributed by atoms with Gasteiger partial charge in [0, 0.05) is 13.1 Å². The van der Waals surface area contributed by atoms with E-state index in [2.05, 4.69) is 16.4 Å². The van der Waals surface area contributed by atoms with E-state index in [0.717, 1.165) is 30.0 Å². The standard InChI is InChI=1S/C14H17N3OS/c1-2-10-14(18)17(8-7-15-10)9-13-16-11-5-3-4-6-12(11)19-13/h3-6,10,15H,2,7-9H2,1H3. The van der Waals surface area contributed by atoms with Crippen LogP contribution in [-0.2, 0) is 11.3 Å². The molecular formula is C14H17N3OS. The van der Waals surface area contributed by atoms with Crippen molar-refractivity contribution in [3.05, 3.63) is 29.3 Å². The van der Waals surface area contributed by atoms with E-state index in [-0.39, 0.29) is 11.9 Å². The Morgan fingerprint density at radius 1 is 1.47 bits per heavy atom. The molecule has 1 atom stereocenters. The Hall–Kier alpha value is -1.46. The summed E-state index contributed by atoms with van der Waals surface area (Å²) in [4.78, 5) is 18.7. The van der Waals surface area contributed by atoms with Crippen molar-refractivity contribution < 1.29 is 4.79 Å². The van der Waals surface area contributed by atoms with Crippen molar-refractivity contribution in [3.8, 4) is 0 Å². The van der Waals surface area contributed by atoms with Crippen LogP contribution in [0.15, 0.2) is 24.3 Å². The van der Waals surface area contributed by atoms with Gasteiger partial charge < -0.3 is 10.2 Å². The second-order valence-electron chi connectivity index (χ2n) is 4.75. The van der Waals surface area contributed by atoms with E-state index < -0.39 is 0 Å². The van der Waals surface area contributed by atoms with E-state index >= 15 is 0 Å². The van der Waals surface area contributed by atoms with Crippen LogP contribution in [0.3, 0.4) is 0 Å². The highest BCUT2D eigenvalue weighted by atomic mass is 32.1. The van der Waals surface area contributed by atoms with E-state index in [1.54, 1.807) is 11.3 Å². The highest BCUT2D eigenvalue weighted by Crippen LogP contribution is 2.23. The zero-order valence-corrected chi connectivity index (χ0v) is 11.7. The van der Waals surface area contributed by atoms with Crippen molar-refractivity contribution in [2.75, 3.05) is 13.1 Å². The van der Waals surface area contributed by atoms with Crippen LogP contribution in [0, 0.1) is 0 Å². The van der Waals surface area contributed by atoms with Crippen molar-refractivity contribution in [2.24, 2.45) is 0 Å². The minimum atomic E-state index is -0.0249. The molecule has 1 aromatic heterocycles. The molecule has 5 heteroatoms. The van der Waals surface area contributed by atoms with Crippen LogP contribution in [0.5, 0.6) is 0 Å². The van der Waals surface area contributed by atoms with Crippen LogP contribution in [0.25, 0.3) is 10.2 Å². The van der Waals surface area contributed by atoms with Crippen LogP contribution >= 0.6 is 11.3 Å². The van der Waals surface area contributed by atoms with Crippen molar-refractivity contribution in [1.29, 1.82) is 0 Å². The number of carbonyl (C=O) groups excluding carboxylic acids is 1. The Bertz CT molecular complexity index is 562. The molecule has 1 fully saturated rings. The van der Waals surface area contributed by atoms with E-state index in [0.29, 0.717) is 6.54 Å². The number of fused-ring (bicyclic) bond motifs is 1. The zero-order valence-electron chi connectivity index (χ0n) is 10.9. The molecule has 1 N–H and O–H groups in total. The van der Waals surface area contributed by atoms with Crippen LogP contribution in [-0.4, -0.2) is 34.9 Å². The fourth-order valence-electron chi connectivity index (χ4n) is 2.42. The Morgan fingerprint density at radius 3 is 3.11 bits per heavy atom. The smallest absolute Gasteiger partial charge is 0.240 e. The van der Waals surface area contributed by atoms with Crippen LogP contribution in [0.1, 0.15) is 18.4 Å². The molecule has 1 aliphatic rings. The molecule has 0 radical (unpaired) electrons. The zero-order chi connectivity index (χ0) is 13.2. The first kappa shape index (κ1) is 12.6. The number of rotatable bonds is 3. The fourth-order valence-corrected chi connectivity index (χ4v) is 3.40. The highest BCUT2D eigenvalue weighted by Gasteiger charge is 2.27. The van der Waals surface area contributed by atoms with Gasteiger partial charge in [0.05, 0.1) is 22.8 Å². The summed E-state index contributed by atoms with van der Waals surface area (Å²) in [5.41, 5.74) is 1.03. The summed E-state index contributed by atoms with van der Waals surface area (Å²) < 4.78 is 1.19. The lowest BCUT2D eigenvalue weighted by Gasteiger charge is -2.32. The summed E-state index contributed by atoms with van der Waals surface area (Å²) in [6.07, 6.45) is 0.842. The van der Waals surface area contributed by atoms with Crippen molar-refractivity contribution in [3.63, 3.8) is 0 Å². The number of piperazine rings is 1. The maximum absolute atomic E-state index is 12.2. The maximum atomic E-state index is 12.2. The van der Waals surface area contributed by atoms with Gasteiger partial charge in [-0.25, -0.2) is 4.98 Å². The Morgan fingerprint density at radius 2 is 2.32 bits per heavy atom. The molecule has 1 amide bonds. The van der Waals surface area contributed by atoms with Crippen LogP contribution < -0.4 is 5.32 Å². The topological polar surface area (TPSA) is 45.2 Å². The molecule has 0 saturated carbocycles. The number of hydrogen-bond acceptors (Lipinski definition) is 4. The van der Waals surface area contributed by atoms with Gasteiger partial charge in [0.1, 0.15) is 5.01 Å². The first-order chi connectivity index (χ1) is 9.28. The lowest BCUT2D eigenvalue weighted by Crippen LogP contribution is -2.54. The summed E-state index contributed by atoms with van der Waals surface area (Å²) >= 11 is 1.68. The molecule has 19 heavy (non-hydrogen) atoms. The number of nitrogens with one attached hydrogen (secondary N) is 1. The number of hydrogen-bond donors (Lipinski definition) is 1. The summed E-state index contributed by atoms with van der Waals surface area (Å²) in [6.45, 7) is 4.31. The average Bonchev–Trinajstić information content (AvgIpc) is 2.83. The summed E-state index contributed by atoms with van der Waals surface area (Å²) in [5.74, 6) is 0.202. The molecule has 2 aromatic rings. The minimum absolute atomic E-state index is 0.0249. The van der Waals surface area contributed by atoms with Crippen molar-refractivity contribution >= 4 is 27.5 Å². The summed E-state index contributed by atoms with van der Waals surface area (Å²) in [6, 6.07) is 8.08. The Balaban J connectivity index is 1.78. The Labute approximate surface area is 116 Å². The SMILES string of the molecule is CCC1NCCN(Cc2nc3ccccc3s2)C1=O. The molecule has 1 aromatic carbocycles. The monoisotopic (exact) mass is 275 g/mol. The molecule has 1 saturated heterocycles. The van der Waals surface area contributed by atoms with E-state index in [1.165, 1.54) is 4.70 Å². The Kier molecular flexibility index (Phi) is 3.48. The van der Waals surface area contributed by atoms with E-state index in [9.17, 15) is 4.79 Å². The van der Waals surface area contributed by atoms with E-state index in [4.69, 9.17) is 0 Å². The van der Waals surface area contributed by atoms with Gasteiger partial charge in [-0.3, -0.25) is 4.79 Å². The highest BCUT2D eigenvalue weighted by molar-refractivity contribution is 7.18. The predicted octanol–water partition coefficient (Wildman–Crippen LogP) is 2.01. The van der Waals surface area contributed by atoms with Gasteiger partial charge in [-0.1, -0.05) is 19.1 Å². The second-order valence-corrected chi connectivity index (χ2v) is 5.87. The maximum Gasteiger partial charge on any atom is 0.240 e. The fraction of sp³-hybridized carbons (Fsp3) is 0.429.